The van der Waals surface area contributed by atoms with E-state index in [0.717, 1.165) is 25.3 Å². The number of aryl methyl sites for hydroxylation is 1. The van der Waals surface area contributed by atoms with Gasteiger partial charge in [-0.2, -0.15) is 0 Å². The number of rotatable bonds is 6. The average Bonchev–Trinajstić information content (AvgIpc) is 2.59. The number of halogens is 1. The zero-order valence-corrected chi connectivity index (χ0v) is 9.50. The van der Waals surface area contributed by atoms with Crippen LogP contribution in [-0.2, 0) is 17.2 Å². The molecule has 0 fully saturated rings. The minimum Gasteiger partial charge on any atom is -0.379 e. The van der Waals surface area contributed by atoms with Crippen molar-refractivity contribution in [3.05, 3.63) is 18.2 Å². The van der Waals surface area contributed by atoms with Gasteiger partial charge in [-0.05, 0) is 20.3 Å². The molecule has 0 aromatic carbocycles. The molecule has 0 aliphatic rings. The van der Waals surface area contributed by atoms with Gasteiger partial charge in [0.25, 0.3) is 0 Å². The molecule has 0 aliphatic carbocycles. The van der Waals surface area contributed by atoms with Gasteiger partial charge in [0.1, 0.15) is 0 Å². The Morgan fingerprint density at radius 3 is 3.00 bits per heavy atom. The minimum absolute atomic E-state index is 0.310. The first-order valence-electron chi connectivity index (χ1n) is 4.90. The molecule has 4 heteroatoms. The van der Waals surface area contributed by atoms with Gasteiger partial charge >= 0.3 is 0 Å². The molecule has 0 saturated carbocycles. The normalized spacial score (nSPS) is 11.1. The molecule has 0 atom stereocenters. The first kappa shape index (κ1) is 11.5. The highest BCUT2D eigenvalue weighted by Gasteiger charge is 2.00. The quantitative estimate of drug-likeness (QED) is 0.540. The van der Waals surface area contributed by atoms with Gasteiger partial charge in [0, 0.05) is 19.3 Å². The lowest BCUT2D eigenvalue weighted by Crippen LogP contribution is -2.08. The van der Waals surface area contributed by atoms with Crippen LogP contribution in [0.2, 0.25) is 0 Å². The van der Waals surface area contributed by atoms with Crippen molar-refractivity contribution in [1.29, 1.82) is 0 Å². The molecule has 1 heterocycles. The predicted molar refractivity (Wildman–Crippen MR) is 57.5 cm³/mol. The molecule has 0 saturated heterocycles. The number of hydrogen-bond acceptors (Lipinski definition) is 2. The maximum absolute atomic E-state index is 5.74. The molecule has 0 unspecified atom stereocenters. The number of imidazole rings is 1. The van der Waals surface area contributed by atoms with Crippen molar-refractivity contribution >= 4 is 11.6 Å². The smallest absolute Gasteiger partial charge is 0.0948 e. The van der Waals surface area contributed by atoms with E-state index in [9.17, 15) is 0 Å². The Balaban J connectivity index is 2.24. The summed E-state index contributed by atoms with van der Waals surface area (Å²) in [5.41, 5.74) is 1.07. The lowest BCUT2D eigenvalue weighted by atomic mass is 10.4. The predicted octanol–water partition coefficient (Wildman–Crippen LogP) is 2.44. The molecule has 1 aromatic rings. The third-order valence-electron chi connectivity index (χ3n) is 1.93. The molecule has 80 valence electrons. The highest BCUT2D eigenvalue weighted by atomic mass is 35.5. The van der Waals surface area contributed by atoms with Gasteiger partial charge in [-0.15, -0.1) is 11.6 Å². The van der Waals surface area contributed by atoms with Crippen LogP contribution in [0, 0.1) is 0 Å². The van der Waals surface area contributed by atoms with Crippen molar-refractivity contribution in [3.8, 4) is 0 Å². The highest BCUT2D eigenvalue weighted by molar-refractivity contribution is 6.16. The van der Waals surface area contributed by atoms with Crippen molar-refractivity contribution in [1.82, 2.24) is 9.55 Å². The SMILES string of the molecule is CC(C)OCCCn1cncc1CCl. The summed E-state index contributed by atoms with van der Waals surface area (Å²) in [7, 11) is 0. The first-order valence-corrected chi connectivity index (χ1v) is 5.44. The van der Waals surface area contributed by atoms with E-state index in [1.807, 2.05) is 20.2 Å². The van der Waals surface area contributed by atoms with Crippen LogP contribution >= 0.6 is 11.6 Å². The Kier molecular flexibility index (Phi) is 4.98. The monoisotopic (exact) mass is 216 g/mol. The number of aromatic nitrogens is 2. The third kappa shape index (κ3) is 3.68. The van der Waals surface area contributed by atoms with Gasteiger partial charge in [0.05, 0.1) is 24.0 Å². The van der Waals surface area contributed by atoms with Crippen LogP contribution in [0.15, 0.2) is 12.5 Å². The van der Waals surface area contributed by atoms with E-state index in [0.29, 0.717) is 12.0 Å². The van der Waals surface area contributed by atoms with Gasteiger partial charge in [0.2, 0.25) is 0 Å². The van der Waals surface area contributed by atoms with Crippen LogP contribution in [0.4, 0.5) is 0 Å². The highest BCUT2D eigenvalue weighted by Crippen LogP contribution is 2.04. The fourth-order valence-electron chi connectivity index (χ4n) is 1.21. The molecule has 0 amide bonds. The van der Waals surface area contributed by atoms with Gasteiger partial charge in [-0.25, -0.2) is 4.98 Å². The number of hydrogen-bond donors (Lipinski definition) is 0. The summed E-state index contributed by atoms with van der Waals surface area (Å²) in [6, 6.07) is 0. The lowest BCUT2D eigenvalue weighted by molar-refractivity contribution is 0.0748. The lowest BCUT2D eigenvalue weighted by Gasteiger charge is -2.08. The Hall–Kier alpha value is -0.540. The number of ether oxygens (including phenoxy) is 1. The van der Waals surface area contributed by atoms with Gasteiger partial charge in [-0.1, -0.05) is 0 Å². The second-order valence-corrected chi connectivity index (χ2v) is 3.75. The Morgan fingerprint density at radius 1 is 1.57 bits per heavy atom. The van der Waals surface area contributed by atoms with Crippen LogP contribution in [-0.4, -0.2) is 22.3 Å². The maximum Gasteiger partial charge on any atom is 0.0948 e. The van der Waals surface area contributed by atoms with Crippen LogP contribution in [0.25, 0.3) is 0 Å². The fourth-order valence-corrected chi connectivity index (χ4v) is 1.44. The van der Waals surface area contributed by atoms with Crippen molar-refractivity contribution in [3.63, 3.8) is 0 Å². The minimum atomic E-state index is 0.310. The molecule has 1 rings (SSSR count). The van der Waals surface area contributed by atoms with Gasteiger partial charge in [0.15, 0.2) is 0 Å². The van der Waals surface area contributed by atoms with E-state index in [2.05, 4.69) is 9.55 Å². The average molecular weight is 217 g/mol. The molecule has 0 aliphatic heterocycles. The molecule has 3 nitrogen and oxygen atoms in total. The van der Waals surface area contributed by atoms with Crippen molar-refractivity contribution in [2.45, 2.75) is 38.8 Å². The van der Waals surface area contributed by atoms with Crippen LogP contribution in [0.5, 0.6) is 0 Å². The zero-order chi connectivity index (χ0) is 10.4. The molecule has 14 heavy (non-hydrogen) atoms. The van der Waals surface area contributed by atoms with E-state index >= 15 is 0 Å². The maximum atomic E-state index is 5.74. The van der Waals surface area contributed by atoms with E-state index in [1.165, 1.54) is 0 Å². The van der Waals surface area contributed by atoms with Crippen molar-refractivity contribution in [2.24, 2.45) is 0 Å². The summed E-state index contributed by atoms with van der Waals surface area (Å²) in [6.07, 6.45) is 4.92. The van der Waals surface area contributed by atoms with Crippen molar-refractivity contribution < 1.29 is 4.74 Å². The van der Waals surface area contributed by atoms with E-state index in [4.69, 9.17) is 16.3 Å². The van der Waals surface area contributed by atoms with Crippen LogP contribution in [0.3, 0.4) is 0 Å². The second-order valence-electron chi connectivity index (χ2n) is 3.49. The summed E-state index contributed by atoms with van der Waals surface area (Å²) < 4.78 is 7.51. The molecular weight excluding hydrogens is 200 g/mol. The molecule has 0 radical (unpaired) electrons. The van der Waals surface area contributed by atoms with Crippen LogP contribution in [0.1, 0.15) is 26.0 Å². The summed E-state index contributed by atoms with van der Waals surface area (Å²) in [5.74, 6) is 0.519. The Morgan fingerprint density at radius 2 is 2.36 bits per heavy atom. The molecule has 1 aromatic heterocycles. The summed E-state index contributed by atoms with van der Waals surface area (Å²) in [5, 5.41) is 0. The topological polar surface area (TPSA) is 27.1 Å². The summed E-state index contributed by atoms with van der Waals surface area (Å²) in [4.78, 5) is 4.04. The molecule has 0 spiro atoms. The number of alkyl halides is 1. The van der Waals surface area contributed by atoms with Crippen LogP contribution < -0.4 is 0 Å². The number of nitrogens with zero attached hydrogens (tertiary/aromatic N) is 2. The third-order valence-corrected chi connectivity index (χ3v) is 2.20. The van der Waals surface area contributed by atoms with E-state index in [1.54, 1.807) is 6.20 Å². The van der Waals surface area contributed by atoms with E-state index < -0.39 is 0 Å². The molecule has 0 bridgehead atoms. The first-order chi connectivity index (χ1) is 6.74. The molecular formula is C10H17ClN2O. The summed E-state index contributed by atoms with van der Waals surface area (Å²) >= 11 is 5.74. The van der Waals surface area contributed by atoms with Gasteiger partial charge in [-0.3, -0.25) is 0 Å². The van der Waals surface area contributed by atoms with Crippen molar-refractivity contribution in [2.75, 3.05) is 6.61 Å². The fraction of sp³-hybridized carbons (Fsp3) is 0.700. The van der Waals surface area contributed by atoms with E-state index in [-0.39, 0.29) is 0 Å². The second kappa shape index (κ2) is 6.04. The van der Waals surface area contributed by atoms with Gasteiger partial charge < -0.3 is 9.30 Å². The Bertz CT molecular complexity index is 260. The standard InChI is InChI=1S/C10H17ClN2O/c1-9(2)14-5-3-4-13-8-12-7-10(13)6-11/h7-9H,3-6H2,1-2H3. The zero-order valence-electron chi connectivity index (χ0n) is 8.74. The Labute approximate surface area is 90.0 Å². The largest absolute Gasteiger partial charge is 0.379 e. The molecule has 0 N–H and O–H groups in total. The summed E-state index contributed by atoms with van der Waals surface area (Å²) in [6.45, 7) is 5.80.